The highest BCUT2D eigenvalue weighted by molar-refractivity contribution is 7.88. The molecule has 152 valence electrons. The Kier molecular flexibility index (Phi) is 8.49. The van der Waals surface area contributed by atoms with Gasteiger partial charge in [0.15, 0.2) is 0 Å². The molecule has 1 aromatic rings. The lowest BCUT2D eigenvalue weighted by atomic mass is 10.1. The molecule has 1 aliphatic heterocycles. The summed E-state index contributed by atoms with van der Waals surface area (Å²) in [6, 6.07) is 7.63. The van der Waals surface area contributed by atoms with Crippen LogP contribution in [0.1, 0.15) is 5.56 Å². The first kappa shape index (κ1) is 21.6. The monoisotopic (exact) mass is 399 g/mol. The number of carbonyl (C=O) groups is 1. The quantitative estimate of drug-likeness (QED) is 0.593. The fourth-order valence-corrected chi connectivity index (χ4v) is 3.60. The lowest BCUT2D eigenvalue weighted by Crippen LogP contribution is -2.46. The molecule has 8 nitrogen and oxygen atoms in total. The van der Waals surface area contributed by atoms with Crippen LogP contribution in [-0.2, 0) is 26.0 Å². The number of amides is 1. The Morgan fingerprint density at radius 1 is 1.33 bits per heavy atom. The molecule has 0 bridgehead atoms. The molecule has 0 saturated carbocycles. The van der Waals surface area contributed by atoms with Gasteiger partial charge >= 0.3 is 0 Å². The fraction of sp³-hybridized carbons (Fsp3) is 0.611. The Hall–Kier alpha value is -1.68. The van der Waals surface area contributed by atoms with Crippen LogP contribution in [0, 0.1) is 0 Å². The van der Waals surface area contributed by atoms with Crippen molar-refractivity contribution < 1.29 is 22.7 Å². The highest BCUT2D eigenvalue weighted by atomic mass is 32.2. The largest absolute Gasteiger partial charge is 0.497 e. The maximum atomic E-state index is 12.2. The summed E-state index contributed by atoms with van der Waals surface area (Å²) in [7, 11) is -1.84. The van der Waals surface area contributed by atoms with Gasteiger partial charge in [0.2, 0.25) is 15.9 Å². The van der Waals surface area contributed by atoms with E-state index in [1.807, 2.05) is 24.3 Å². The van der Waals surface area contributed by atoms with Crippen molar-refractivity contribution in [1.82, 2.24) is 14.5 Å². The molecular weight excluding hydrogens is 370 g/mol. The van der Waals surface area contributed by atoms with Gasteiger partial charge in [0.05, 0.1) is 33.1 Å². The molecule has 1 heterocycles. The number of rotatable bonds is 10. The summed E-state index contributed by atoms with van der Waals surface area (Å²) in [5.41, 5.74) is 1.04. The van der Waals surface area contributed by atoms with Crippen LogP contribution >= 0.6 is 0 Å². The van der Waals surface area contributed by atoms with Gasteiger partial charge in [0, 0.05) is 32.7 Å². The van der Waals surface area contributed by atoms with Gasteiger partial charge in [-0.05, 0) is 24.1 Å². The third-order valence-corrected chi connectivity index (χ3v) is 5.68. The predicted octanol–water partition coefficient (Wildman–Crippen LogP) is -0.0523. The third kappa shape index (κ3) is 7.84. The first-order chi connectivity index (χ1) is 12.9. The van der Waals surface area contributed by atoms with Gasteiger partial charge in [0.1, 0.15) is 5.75 Å². The molecule has 0 atom stereocenters. The Labute approximate surface area is 161 Å². The van der Waals surface area contributed by atoms with Crippen LogP contribution in [0.25, 0.3) is 0 Å². The summed E-state index contributed by atoms with van der Waals surface area (Å²) in [6.07, 6.45) is 1.78. The molecule has 1 aromatic carbocycles. The van der Waals surface area contributed by atoms with Gasteiger partial charge in [-0.2, -0.15) is 4.31 Å². The van der Waals surface area contributed by atoms with E-state index < -0.39 is 10.0 Å². The van der Waals surface area contributed by atoms with E-state index in [2.05, 4.69) is 10.2 Å². The first-order valence-electron chi connectivity index (χ1n) is 9.03. The van der Waals surface area contributed by atoms with Gasteiger partial charge in [-0.25, -0.2) is 8.42 Å². The van der Waals surface area contributed by atoms with Crippen molar-refractivity contribution in [2.24, 2.45) is 0 Å². The van der Waals surface area contributed by atoms with E-state index in [1.165, 1.54) is 4.31 Å². The minimum atomic E-state index is -3.45. The summed E-state index contributed by atoms with van der Waals surface area (Å²) in [6.45, 7) is 4.03. The number of morpholine rings is 1. The maximum absolute atomic E-state index is 12.2. The zero-order valence-corrected chi connectivity index (χ0v) is 16.8. The van der Waals surface area contributed by atoms with Crippen molar-refractivity contribution in [3.63, 3.8) is 0 Å². The standard InChI is InChI=1S/C18H29N3O5S/c1-25-17-5-3-4-16(14-17)6-7-19-18(22)15-21(27(2,23)24)9-8-20-10-12-26-13-11-20/h3-5,14H,6-13,15H2,1-2H3,(H,19,22). The van der Waals surface area contributed by atoms with E-state index in [0.717, 1.165) is 30.7 Å². The maximum Gasteiger partial charge on any atom is 0.235 e. The summed E-state index contributed by atoms with van der Waals surface area (Å²) < 4.78 is 35.7. The lowest BCUT2D eigenvalue weighted by molar-refractivity contribution is -0.121. The van der Waals surface area contributed by atoms with Gasteiger partial charge in [0.25, 0.3) is 0 Å². The predicted molar refractivity (Wildman–Crippen MR) is 103 cm³/mol. The normalized spacial score (nSPS) is 15.7. The smallest absolute Gasteiger partial charge is 0.235 e. The zero-order chi connectivity index (χ0) is 19.7. The van der Waals surface area contributed by atoms with E-state index >= 15 is 0 Å². The second kappa shape index (κ2) is 10.6. The van der Waals surface area contributed by atoms with Gasteiger partial charge in [-0.1, -0.05) is 12.1 Å². The average Bonchev–Trinajstić information content (AvgIpc) is 2.65. The van der Waals surface area contributed by atoms with Gasteiger partial charge in [-0.3, -0.25) is 9.69 Å². The van der Waals surface area contributed by atoms with Crippen molar-refractivity contribution in [3.8, 4) is 5.75 Å². The number of nitrogens with zero attached hydrogens (tertiary/aromatic N) is 2. The summed E-state index contributed by atoms with van der Waals surface area (Å²) >= 11 is 0. The molecule has 1 amide bonds. The molecule has 0 aromatic heterocycles. The number of carbonyl (C=O) groups excluding carboxylic acids is 1. The zero-order valence-electron chi connectivity index (χ0n) is 16.0. The molecule has 2 rings (SSSR count). The second-order valence-corrected chi connectivity index (χ2v) is 8.48. The van der Waals surface area contributed by atoms with Crippen LogP contribution in [0.2, 0.25) is 0 Å². The first-order valence-corrected chi connectivity index (χ1v) is 10.9. The number of methoxy groups -OCH3 is 1. The lowest BCUT2D eigenvalue weighted by Gasteiger charge is -2.29. The molecule has 0 aliphatic carbocycles. The average molecular weight is 400 g/mol. The van der Waals surface area contributed by atoms with Gasteiger partial charge < -0.3 is 14.8 Å². The number of hydrogen-bond acceptors (Lipinski definition) is 6. The highest BCUT2D eigenvalue weighted by Crippen LogP contribution is 2.12. The number of nitrogens with one attached hydrogen (secondary N) is 1. The topological polar surface area (TPSA) is 88.2 Å². The molecule has 9 heteroatoms. The van der Waals surface area contributed by atoms with Crippen LogP contribution in [0.15, 0.2) is 24.3 Å². The molecule has 0 radical (unpaired) electrons. The SMILES string of the molecule is COc1cccc(CCNC(=O)CN(CCN2CCOCC2)S(C)(=O)=O)c1. The van der Waals surface area contributed by atoms with Gasteiger partial charge in [-0.15, -0.1) is 0 Å². The van der Waals surface area contributed by atoms with Crippen molar-refractivity contribution >= 4 is 15.9 Å². The molecule has 1 fully saturated rings. The molecular formula is C18H29N3O5S. The van der Waals surface area contributed by atoms with E-state index in [4.69, 9.17) is 9.47 Å². The molecule has 0 spiro atoms. The van der Waals surface area contributed by atoms with E-state index in [9.17, 15) is 13.2 Å². The van der Waals surface area contributed by atoms with Crippen LogP contribution < -0.4 is 10.1 Å². The Morgan fingerprint density at radius 3 is 2.74 bits per heavy atom. The number of ether oxygens (including phenoxy) is 2. The summed E-state index contributed by atoms with van der Waals surface area (Å²) in [4.78, 5) is 14.3. The fourth-order valence-electron chi connectivity index (χ4n) is 2.83. The number of hydrogen-bond donors (Lipinski definition) is 1. The molecule has 0 unspecified atom stereocenters. The minimum Gasteiger partial charge on any atom is -0.497 e. The van der Waals surface area contributed by atoms with E-state index in [1.54, 1.807) is 7.11 Å². The number of benzene rings is 1. The van der Waals surface area contributed by atoms with Crippen molar-refractivity contribution in [2.75, 3.05) is 65.8 Å². The van der Waals surface area contributed by atoms with Crippen LogP contribution in [-0.4, -0.2) is 89.4 Å². The van der Waals surface area contributed by atoms with Crippen LogP contribution in [0.3, 0.4) is 0 Å². The number of sulfonamides is 1. The second-order valence-electron chi connectivity index (χ2n) is 6.50. The molecule has 1 saturated heterocycles. The molecule has 1 N–H and O–H groups in total. The van der Waals surface area contributed by atoms with Crippen molar-refractivity contribution in [2.45, 2.75) is 6.42 Å². The van der Waals surface area contributed by atoms with E-state index in [0.29, 0.717) is 39.3 Å². The van der Waals surface area contributed by atoms with E-state index in [-0.39, 0.29) is 12.5 Å². The summed E-state index contributed by atoms with van der Waals surface area (Å²) in [5.74, 6) is 0.468. The minimum absolute atomic E-state index is 0.165. The third-order valence-electron chi connectivity index (χ3n) is 4.43. The molecule has 27 heavy (non-hydrogen) atoms. The Morgan fingerprint density at radius 2 is 2.07 bits per heavy atom. The Bertz CT molecular complexity index is 705. The van der Waals surface area contributed by atoms with Crippen LogP contribution in [0.4, 0.5) is 0 Å². The van der Waals surface area contributed by atoms with Crippen molar-refractivity contribution in [1.29, 1.82) is 0 Å². The summed E-state index contributed by atoms with van der Waals surface area (Å²) in [5, 5.41) is 2.79. The molecule has 1 aliphatic rings. The highest BCUT2D eigenvalue weighted by Gasteiger charge is 2.21. The Balaban J connectivity index is 1.78. The van der Waals surface area contributed by atoms with Crippen LogP contribution in [0.5, 0.6) is 5.75 Å². The van der Waals surface area contributed by atoms with Crippen molar-refractivity contribution in [3.05, 3.63) is 29.8 Å².